The number of aryl methyl sites for hydroxylation is 1. The van der Waals surface area contributed by atoms with E-state index in [1.807, 2.05) is 13.0 Å². The Morgan fingerprint density at radius 3 is 2.72 bits per heavy atom. The summed E-state index contributed by atoms with van der Waals surface area (Å²) in [7, 11) is 0. The lowest BCUT2D eigenvalue weighted by atomic mass is 9.73. The number of aliphatic hydroxyl groups is 1. The molecule has 0 radical (unpaired) electrons. The number of hydrogen-bond donors (Lipinski definition) is 1. The van der Waals surface area contributed by atoms with Gasteiger partial charge >= 0.3 is 0 Å². The fourth-order valence-corrected chi connectivity index (χ4v) is 3.26. The molecule has 3 unspecified atom stereocenters. The molecule has 2 rings (SSSR count). The number of benzene rings is 1. The van der Waals surface area contributed by atoms with Crippen LogP contribution < -0.4 is 0 Å². The quantitative estimate of drug-likeness (QED) is 0.843. The molecule has 0 spiro atoms. The fourth-order valence-electron chi connectivity index (χ4n) is 3.26. The minimum Gasteiger partial charge on any atom is -0.388 e. The Balaban J connectivity index is 2.20. The molecule has 1 aliphatic carbocycles. The van der Waals surface area contributed by atoms with E-state index in [2.05, 4.69) is 6.92 Å². The van der Waals surface area contributed by atoms with Crippen molar-refractivity contribution in [1.82, 2.24) is 0 Å². The van der Waals surface area contributed by atoms with Crippen LogP contribution in [0.25, 0.3) is 0 Å². The third-order valence-corrected chi connectivity index (χ3v) is 4.37. The number of halogens is 1. The molecule has 18 heavy (non-hydrogen) atoms. The van der Waals surface area contributed by atoms with E-state index in [4.69, 9.17) is 0 Å². The van der Waals surface area contributed by atoms with E-state index in [1.54, 1.807) is 6.07 Å². The second-order valence-electron chi connectivity index (χ2n) is 5.59. The Bertz CT molecular complexity index is 402. The van der Waals surface area contributed by atoms with Crippen LogP contribution in [0.15, 0.2) is 18.2 Å². The van der Waals surface area contributed by atoms with E-state index in [0.29, 0.717) is 11.5 Å². The van der Waals surface area contributed by atoms with Gasteiger partial charge in [0.2, 0.25) is 0 Å². The van der Waals surface area contributed by atoms with Gasteiger partial charge in [-0.1, -0.05) is 44.7 Å². The van der Waals surface area contributed by atoms with Gasteiger partial charge in [0.1, 0.15) is 5.82 Å². The molecule has 0 heterocycles. The van der Waals surface area contributed by atoms with E-state index in [-0.39, 0.29) is 11.7 Å². The molecule has 3 atom stereocenters. The molecule has 0 aromatic heterocycles. The average molecular weight is 250 g/mol. The summed E-state index contributed by atoms with van der Waals surface area (Å²) in [6.07, 6.45) is 5.04. The number of hydrogen-bond acceptors (Lipinski definition) is 1. The molecule has 100 valence electrons. The lowest BCUT2D eigenvalue weighted by Crippen LogP contribution is -2.25. The maximum Gasteiger partial charge on any atom is 0.129 e. The van der Waals surface area contributed by atoms with Crippen LogP contribution in [-0.2, 0) is 0 Å². The third-order valence-electron chi connectivity index (χ3n) is 4.37. The zero-order chi connectivity index (χ0) is 13.1. The zero-order valence-electron chi connectivity index (χ0n) is 11.3. The maximum absolute atomic E-state index is 13.9. The van der Waals surface area contributed by atoms with Crippen molar-refractivity contribution in [2.45, 2.75) is 52.1 Å². The van der Waals surface area contributed by atoms with Gasteiger partial charge in [-0.2, -0.15) is 0 Å². The molecule has 0 saturated heterocycles. The van der Waals surface area contributed by atoms with Crippen molar-refractivity contribution in [2.75, 3.05) is 0 Å². The molecule has 0 aliphatic heterocycles. The summed E-state index contributed by atoms with van der Waals surface area (Å²) in [6.45, 7) is 4.04. The highest BCUT2D eigenvalue weighted by Gasteiger charge is 2.31. The van der Waals surface area contributed by atoms with E-state index in [1.165, 1.54) is 18.9 Å². The highest BCUT2D eigenvalue weighted by Crippen LogP contribution is 2.40. The predicted molar refractivity (Wildman–Crippen MR) is 71.8 cm³/mol. The summed E-state index contributed by atoms with van der Waals surface area (Å²) >= 11 is 0. The van der Waals surface area contributed by atoms with Crippen molar-refractivity contribution in [2.24, 2.45) is 11.8 Å². The van der Waals surface area contributed by atoms with Crippen LogP contribution in [0.1, 0.15) is 56.3 Å². The van der Waals surface area contributed by atoms with Crippen molar-refractivity contribution in [3.63, 3.8) is 0 Å². The first-order valence-electron chi connectivity index (χ1n) is 7.07. The monoisotopic (exact) mass is 250 g/mol. The van der Waals surface area contributed by atoms with Crippen LogP contribution in [0.3, 0.4) is 0 Å². The summed E-state index contributed by atoms with van der Waals surface area (Å²) in [5, 5.41) is 10.5. The first kappa shape index (κ1) is 13.5. The van der Waals surface area contributed by atoms with E-state index < -0.39 is 6.10 Å². The fraction of sp³-hybridized carbons (Fsp3) is 0.625. The molecule has 1 aromatic carbocycles. The standard InChI is InChI=1S/C16H23FO/c1-3-12-6-4-5-7-13(12)16(18)14-9-8-11(2)10-15(14)17/h8-10,12-13,16,18H,3-7H2,1-2H3. The molecule has 1 nitrogen and oxygen atoms in total. The first-order chi connectivity index (χ1) is 8.63. The molecule has 1 fully saturated rings. The first-order valence-corrected chi connectivity index (χ1v) is 7.07. The van der Waals surface area contributed by atoms with Crippen LogP contribution in [0.4, 0.5) is 4.39 Å². The highest BCUT2D eigenvalue weighted by molar-refractivity contribution is 5.25. The third kappa shape index (κ3) is 2.74. The number of aliphatic hydroxyl groups excluding tert-OH is 1. The van der Waals surface area contributed by atoms with Gasteiger partial charge in [0.15, 0.2) is 0 Å². The molecule has 1 aliphatic rings. The zero-order valence-corrected chi connectivity index (χ0v) is 11.3. The van der Waals surface area contributed by atoms with Gasteiger partial charge < -0.3 is 5.11 Å². The Kier molecular flexibility index (Phi) is 4.39. The Hall–Kier alpha value is -0.890. The molecule has 1 N–H and O–H groups in total. The van der Waals surface area contributed by atoms with Gasteiger partial charge in [0.25, 0.3) is 0 Å². The summed E-state index contributed by atoms with van der Waals surface area (Å²) in [5.41, 5.74) is 1.38. The number of rotatable bonds is 3. The molecular formula is C16H23FO. The summed E-state index contributed by atoms with van der Waals surface area (Å²) in [6, 6.07) is 5.14. The van der Waals surface area contributed by atoms with Crippen LogP contribution in [-0.4, -0.2) is 5.11 Å². The van der Waals surface area contributed by atoms with Gasteiger partial charge in [-0.25, -0.2) is 4.39 Å². The molecule has 1 saturated carbocycles. The van der Waals surface area contributed by atoms with Crippen molar-refractivity contribution < 1.29 is 9.50 Å². The van der Waals surface area contributed by atoms with Crippen LogP contribution >= 0.6 is 0 Å². The normalized spacial score (nSPS) is 26.0. The van der Waals surface area contributed by atoms with Crippen molar-refractivity contribution >= 4 is 0 Å². The SMILES string of the molecule is CCC1CCCCC1C(O)c1ccc(C)cc1F. The van der Waals surface area contributed by atoms with Crippen LogP contribution in [0, 0.1) is 24.6 Å². The minimum absolute atomic E-state index is 0.223. The van der Waals surface area contributed by atoms with Gasteiger partial charge in [-0.15, -0.1) is 0 Å². The van der Waals surface area contributed by atoms with Gasteiger partial charge in [0.05, 0.1) is 6.10 Å². The predicted octanol–water partition coefficient (Wildman–Crippen LogP) is 4.38. The van der Waals surface area contributed by atoms with E-state index in [0.717, 1.165) is 24.8 Å². The molecular weight excluding hydrogens is 227 g/mol. The Morgan fingerprint density at radius 1 is 1.33 bits per heavy atom. The second kappa shape index (κ2) is 5.83. The second-order valence-corrected chi connectivity index (χ2v) is 5.59. The Labute approximate surface area is 109 Å². The average Bonchev–Trinajstić information content (AvgIpc) is 2.38. The van der Waals surface area contributed by atoms with Gasteiger partial charge in [-0.3, -0.25) is 0 Å². The van der Waals surface area contributed by atoms with E-state index in [9.17, 15) is 9.50 Å². The van der Waals surface area contributed by atoms with E-state index >= 15 is 0 Å². The largest absolute Gasteiger partial charge is 0.388 e. The summed E-state index contributed by atoms with van der Waals surface area (Å²) in [4.78, 5) is 0. The Morgan fingerprint density at radius 2 is 2.06 bits per heavy atom. The summed E-state index contributed by atoms with van der Waals surface area (Å²) < 4.78 is 13.9. The van der Waals surface area contributed by atoms with Crippen LogP contribution in [0.2, 0.25) is 0 Å². The molecule has 1 aromatic rings. The molecule has 0 bridgehead atoms. The van der Waals surface area contributed by atoms with Crippen molar-refractivity contribution in [3.05, 3.63) is 35.1 Å². The lowest BCUT2D eigenvalue weighted by molar-refractivity contribution is 0.0427. The molecule has 2 heteroatoms. The van der Waals surface area contributed by atoms with Crippen LogP contribution in [0.5, 0.6) is 0 Å². The highest BCUT2D eigenvalue weighted by atomic mass is 19.1. The smallest absolute Gasteiger partial charge is 0.129 e. The minimum atomic E-state index is -0.643. The van der Waals surface area contributed by atoms with Crippen molar-refractivity contribution in [1.29, 1.82) is 0 Å². The van der Waals surface area contributed by atoms with Crippen molar-refractivity contribution in [3.8, 4) is 0 Å². The topological polar surface area (TPSA) is 20.2 Å². The molecule has 0 amide bonds. The maximum atomic E-state index is 13.9. The van der Waals surface area contributed by atoms with Gasteiger partial charge in [-0.05, 0) is 36.8 Å². The van der Waals surface area contributed by atoms with Gasteiger partial charge in [0, 0.05) is 5.56 Å². The summed E-state index contributed by atoms with van der Waals surface area (Å²) in [5.74, 6) is 0.498. The lowest BCUT2D eigenvalue weighted by Gasteiger charge is -2.34.